The first-order chi connectivity index (χ1) is 9.63. The SMILES string of the molecule is CCOC(=O)/C=C/CN1C(=O)Cc2ccccc2C1=O. The highest BCUT2D eigenvalue weighted by atomic mass is 16.5. The first kappa shape index (κ1) is 14.0. The van der Waals surface area contributed by atoms with Crippen molar-refractivity contribution in [3.8, 4) is 0 Å². The van der Waals surface area contributed by atoms with Crippen LogP contribution in [-0.4, -0.2) is 35.8 Å². The van der Waals surface area contributed by atoms with Gasteiger partial charge in [0, 0.05) is 18.2 Å². The Kier molecular flexibility index (Phi) is 4.30. The van der Waals surface area contributed by atoms with E-state index in [1.807, 2.05) is 0 Å². The number of nitrogens with zero attached hydrogens (tertiary/aromatic N) is 1. The van der Waals surface area contributed by atoms with Crippen molar-refractivity contribution in [1.82, 2.24) is 4.90 Å². The van der Waals surface area contributed by atoms with Crippen LogP contribution in [-0.2, 0) is 20.7 Å². The second-order valence-corrected chi connectivity index (χ2v) is 4.30. The van der Waals surface area contributed by atoms with Crippen LogP contribution in [0.15, 0.2) is 36.4 Å². The maximum atomic E-state index is 12.2. The number of fused-ring (bicyclic) bond motifs is 1. The molecule has 0 fully saturated rings. The summed E-state index contributed by atoms with van der Waals surface area (Å²) in [7, 11) is 0. The molecule has 0 radical (unpaired) electrons. The van der Waals surface area contributed by atoms with E-state index in [-0.39, 0.29) is 31.4 Å². The fraction of sp³-hybridized carbons (Fsp3) is 0.267. The van der Waals surface area contributed by atoms with E-state index in [4.69, 9.17) is 4.74 Å². The van der Waals surface area contributed by atoms with E-state index in [9.17, 15) is 14.4 Å². The van der Waals surface area contributed by atoms with Gasteiger partial charge in [0.2, 0.25) is 5.91 Å². The van der Waals surface area contributed by atoms with Crippen molar-refractivity contribution in [1.29, 1.82) is 0 Å². The topological polar surface area (TPSA) is 63.7 Å². The van der Waals surface area contributed by atoms with Gasteiger partial charge in [0.1, 0.15) is 0 Å². The Balaban J connectivity index is 2.08. The predicted octanol–water partition coefficient (Wildman–Crippen LogP) is 1.33. The van der Waals surface area contributed by atoms with E-state index < -0.39 is 5.97 Å². The van der Waals surface area contributed by atoms with Crippen LogP contribution in [0.5, 0.6) is 0 Å². The Hall–Kier alpha value is -2.43. The largest absolute Gasteiger partial charge is 0.463 e. The smallest absolute Gasteiger partial charge is 0.330 e. The van der Waals surface area contributed by atoms with Crippen LogP contribution in [0.25, 0.3) is 0 Å². The summed E-state index contributed by atoms with van der Waals surface area (Å²) in [5.74, 6) is -1.07. The zero-order chi connectivity index (χ0) is 14.5. The van der Waals surface area contributed by atoms with E-state index in [0.29, 0.717) is 5.56 Å². The highest BCUT2D eigenvalue weighted by molar-refractivity contribution is 6.09. The number of benzene rings is 1. The Labute approximate surface area is 116 Å². The molecule has 0 saturated carbocycles. The molecule has 20 heavy (non-hydrogen) atoms. The Bertz CT molecular complexity index is 577. The molecular weight excluding hydrogens is 258 g/mol. The monoisotopic (exact) mass is 273 g/mol. The number of rotatable bonds is 4. The summed E-state index contributed by atoms with van der Waals surface area (Å²) >= 11 is 0. The molecule has 1 aliphatic rings. The lowest BCUT2D eigenvalue weighted by Crippen LogP contribution is -2.42. The second-order valence-electron chi connectivity index (χ2n) is 4.30. The van der Waals surface area contributed by atoms with Gasteiger partial charge in [0.05, 0.1) is 13.0 Å². The maximum Gasteiger partial charge on any atom is 0.330 e. The van der Waals surface area contributed by atoms with Crippen molar-refractivity contribution in [2.24, 2.45) is 0 Å². The fourth-order valence-electron chi connectivity index (χ4n) is 2.03. The van der Waals surface area contributed by atoms with Crippen LogP contribution in [0.2, 0.25) is 0 Å². The fourth-order valence-corrected chi connectivity index (χ4v) is 2.03. The number of imide groups is 1. The van der Waals surface area contributed by atoms with Gasteiger partial charge in [-0.05, 0) is 18.6 Å². The lowest BCUT2D eigenvalue weighted by atomic mass is 9.98. The summed E-state index contributed by atoms with van der Waals surface area (Å²) in [6, 6.07) is 7.04. The average molecular weight is 273 g/mol. The molecule has 2 amide bonds. The zero-order valence-electron chi connectivity index (χ0n) is 11.2. The minimum Gasteiger partial charge on any atom is -0.463 e. The molecular formula is C15H15NO4. The van der Waals surface area contributed by atoms with Crippen molar-refractivity contribution >= 4 is 17.8 Å². The highest BCUT2D eigenvalue weighted by Crippen LogP contribution is 2.19. The first-order valence-corrected chi connectivity index (χ1v) is 6.39. The van der Waals surface area contributed by atoms with Gasteiger partial charge < -0.3 is 4.74 Å². The van der Waals surface area contributed by atoms with Crippen LogP contribution in [0.1, 0.15) is 22.8 Å². The lowest BCUT2D eigenvalue weighted by molar-refractivity contribution is -0.137. The number of carbonyl (C=O) groups is 3. The quantitative estimate of drug-likeness (QED) is 0.471. The van der Waals surface area contributed by atoms with E-state index in [2.05, 4.69) is 0 Å². The Morgan fingerprint density at radius 3 is 2.85 bits per heavy atom. The number of carbonyl (C=O) groups excluding carboxylic acids is 3. The predicted molar refractivity (Wildman–Crippen MR) is 72.0 cm³/mol. The number of hydrogen-bond acceptors (Lipinski definition) is 4. The van der Waals surface area contributed by atoms with Crippen LogP contribution in [0.4, 0.5) is 0 Å². The van der Waals surface area contributed by atoms with Crippen LogP contribution < -0.4 is 0 Å². The van der Waals surface area contributed by atoms with Crippen LogP contribution in [0, 0.1) is 0 Å². The second kappa shape index (κ2) is 6.14. The van der Waals surface area contributed by atoms with Crippen molar-refractivity contribution in [3.05, 3.63) is 47.5 Å². The van der Waals surface area contributed by atoms with Crippen molar-refractivity contribution < 1.29 is 19.1 Å². The average Bonchev–Trinajstić information content (AvgIpc) is 2.43. The number of ether oxygens (including phenoxy) is 1. The van der Waals surface area contributed by atoms with Crippen molar-refractivity contribution in [2.45, 2.75) is 13.3 Å². The van der Waals surface area contributed by atoms with Gasteiger partial charge in [-0.1, -0.05) is 24.3 Å². The summed E-state index contributed by atoms with van der Waals surface area (Å²) in [4.78, 5) is 36.4. The van der Waals surface area contributed by atoms with Gasteiger partial charge in [-0.2, -0.15) is 0 Å². The first-order valence-electron chi connectivity index (χ1n) is 6.39. The number of hydrogen-bond donors (Lipinski definition) is 0. The summed E-state index contributed by atoms with van der Waals surface area (Å²) in [5, 5.41) is 0. The molecule has 1 aliphatic heterocycles. The molecule has 0 N–H and O–H groups in total. The molecule has 0 bridgehead atoms. The molecule has 1 aromatic carbocycles. The van der Waals surface area contributed by atoms with Gasteiger partial charge in [-0.3, -0.25) is 14.5 Å². The van der Waals surface area contributed by atoms with Crippen molar-refractivity contribution in [3.63, 3.8) is 0 Å². The third-order valence-electron chi connectivity index (χ3n) is 2.96. The van der Waals surface area contributed by atoms with Gasteiger partial charge >= 0.3 is 5.97 Å². The Morgan fingerprint density at radius 1 is 1.35 bits per heavy atom. The summed E-state index contributed by atoms with van der Waals surface area (Å²) in [5.41, 5.74) is 1.28. The minimum absolute atomic E-state index is 0.0742. The third kappa shape index (κ3) is 2.93. The molecule has 0 aliphatic carbocycles. The number of esters is 1. The molecule has 0 atom stereocenters. The highest BCUT2D eigenvalue weighted by Gasteiger charge is 2.29. The van der Waals surface area contributed by atoms with Crippen LogP contribution >= 0.6 is 0 Å². The molecule has 104 valence electrons. The molecule has 0 unspecified atom stereocenters. The van der Waals surface area contributed by atoms with Crippen LogP contribution in [0.3, 0.4) is 0 Å². The normalized spacial score (nSPS) is 14.6. The van der Waals surface area contributed by atoms with Gasteiger partial charge in [-0.25, -0.2) is 4.79 Å². The molecule has 0 aromatic heterocycles. The summed E-state index contributed by atoms with van der Waals surface area (Å²) < 4.78 is 4.73. The molecule has 5 nitrogen and oxygen atoms in total. The molecule has 0 spiro atoms. The molecule has 5 heteroatoms. The zero-order valence-corrected chi connectivity index (χ0v) is 11.2. The van der Waals surface area contributed by atoms with Crippen molar-refractivity contribution in [2.75, 3.05) is 13.2 Å². The van der Waals surface area contributed by atoms with E-state index in [1.54, 1.807) is 31.2 Å². The standard InChI is InChI=1S/C15H15NO4/c1-2-20-14(18)8-5-9-16-13(17)10-11-6-3-4-7-12(11)15(16)19/h3-8H,2,9-10H2,1H3/b8-5+. The summed E-state index contributed by atoms with van der Waals surface area (Å²) in [6.45, 7) is 2.07. The third-order valence-corrected chi connectivity index (χ3v) is 2.96. The van der Waals surface area contributed by atoms with Gasteiger partial charge in [0.15, 0.2) is 0 Å². The van der Waals surface area contributed by atoms with Gasteiger partial charge in [0.25, 0.3) is 5.91 Å². The summed E-state index contributed by atoms with van der Waals surface area (Å²) in [6.07, 6.45) is 2.89. The van der Waals surface area contributed by atoms with E-state index >= 15 is 0 Å². The number of amides is 2. The molecule has 2 rings (SSSR count). The molecule has 1 heterocycles. The Morgan fingerprint density at radius 2 is 2.10 bits per heavy atom. The van der Waals surface area contributed by atoms with E-state index in [1.165, 1.54) is 12.2 Å². The lowest BCUT2D eigenvalue weighted by Gasteiger charge is -2.25. The molecule has 1 aromatic rings. The van der Waals surface area contributed by atoms with E-state index in [0.717, 1.165) is 10.5 Å². The van der Waals surface area contributed by atoms with Gasteiger partial charge in [-0.15, -0.1) is 0 Å². The molecule has 0 saturated heterocycles. The maximum absolute atomic E-state index is 12.2. The minimum atomic E-state index is -0.482.